The van der Waals surface area contributed by atoms with E-state index in [4.69, 9.17) is 15.2 Å². The van der Waals surface area contributed by atoms with Crippen LogP contribution in [0.1, 0.15) is 31.2 Å². The molecule has 0 aromatic heterocycles. The molecular weight excluding hydrogens is 264 g/mol. The molecule has 4 heteroatoms. The lowest BCUT2D eigenvalue weighted by molar-refractivity contribution is -0.150. The van der Waals surface area contributed by atoms with Crippen LogP contribution in [0.5, 0.6) is 0 Å². The molecule has 2 saturated heterocycles. The van der Waals surface area contributed by atoms with Gasteiger partial charge < -0.3 is 15.2 Å². The molecule has 21 heavy (non-hydrogen) atoms. The second kappa shape index (κ2) is 6.34. The lowest BCUT2D eigenvalue weighted by atomic mass is 9.83. The van der Waals surface area contributed by atoms with Gasteiger partial charge in [-0.2, -0.15) is 0 Å². The molecule has 0 aliphatic carbocycles. The van der Waals surface area contributed by atoms with E-state index in [1.54, 1.807) is 0 Å². The summed E-state index contributed by atoms with van der Waals surface area (Å²) in [5.41, 5.74) is 8.06. The Morgan fingerprint density at radius 2 is 2.10 bits per heavy atom. The monoisotopic (exact) mass is 290 g/mol. The summed E-state index contributed by atoms with van der Waals surface area (Å²) in [6, 6.07) is 8.77. The fraction of sp³-hybridized carbons (Fsp3) is 0.647. The smallest absolute Gasteiger partial charge is 0.0741 e. The number of hydrogen-bond donors (Lipinski definition) is 1. The summed E-state index contributed by atoms with van der Waals surface area (Å²) in [5.74, 6) is 0. The molecule has 1 aromatic rings. The van der Waals surface area contributed by atoms with Gasteiger partial charge in [-0.1, -0.05) is 12.1 Å². The van der Waals surface area contributed by atoms with Gasteiger partial charge in [0.2, 0.25) is 0 Å². The third-order valence-corrected chi connectivity index (χ3v) is 4.88. The van der Waals surface area contributed by atoms with Gasteiger partial charge in [0.25, 0.3) is 0 Å². The highest BCUT2D eigenvalue weighted by Gasteiger charge is 2.40. The maximum absolute atomic E-state index is 6.13. The minimum absolute atomic E-state index is 0.0607. The van der Waals surface area contributed by atoms with Gasteiger partial charge in [-0.05, 0) is 50.4 Å². The Morgan fingerprint density at radius 3 is 2.86 bits per heavy atom. The van der Waals surface area contributed by atoms with Crippen LogP contribution >= 0.6 is 0 Å². The van der Waals surface area contributed by atoms with Crippen molar-refractivity contribution in [3.05, 3.63) is 29.8 Å². The van der Waals surface area contributed by atoms with E-state index >= 15 is 0 Å². The normalized spacial score (nSPS) is 25.3. The third kappa shape index (κ3) is 3.57. The van der Waals surface area contributed by atoms with E-state index in [1.165, 1.54) is 5.56 Å². The molecule has 116 valence electrons. The maximum Gasteiger partial charge on any atom is 0.0741 e. The molecule has 2 heterocycles. The molecule has 1 spiro atoms. The van der Waals surface area contributed by atoms with Crippen molar-refractivity contribution in [3.63, 3.8) is 0 Å². The summed E-state index contributed by atoms with van der Waals surface area (Å²) in [6.45, 7) is 3.49. The molecule has 2 aliphatic rings. The van der Waals surface area contributed by atoms with E-state index in [2.05, 4.69) is 24.1 Å². The van der Waals surface area contributed by atoms with E-state index in [9.17, 15) is 0 Å². The Labute approximate surface area is 127 Å². The molecule has 3 rings (SSSR count). The van der Waals surface area contributed by atoms with Crippen molar-refractivity contribution in [2.75, 3.05) is 32.6 Å². The average molecular weight is 290 g/mol. The minimum atomic E-state index is 0.0607. The van der Waals surface area contributed by atoms with Gasteiger partial charge in [0.15, 0.2) is 0 Å². The molecule has 2 N–H and O–H groups in total. The lowest BCUT2D eigenvalue weighted by Gasteiger charge is -2.45. The number of anilines is 1. The van der Waals surface area contributed by atoms with Gasteiger partial charge in [-0.25, -0.2) is 0 Å². The van der Waals surface area contributed by atoms with E-state index in [1.807, 2.05) is 12.1 Å². The Bertz CT molecular complexity index is 466. The number of rotatable bonds is 3. The van der Waals surface area contributed by atoms with Crippen molar-refractivity contribution in [1.29, 1.82) is 0 Å². The first-order chi connectivity index (χ1) is 10.2. The summed E-state index contributed by atoms with van der Waals surface area (Å²) in [7, 11) is 2.21. The first-order valence-corrected chi connectivity index (χ1v) is 7.93. The fourth-order valence-electron chi connectivity index (χ4n) is 3.58. The van der Waals surface area contributed by atoms with Gasteiger partial charge in [0, 0.05) is 38.1 Å². The third-order valence-electron chi connectivity index (χ3n) is 4.88. The van der Waals surface area contributed by atoms with Crippen LogP contribution in [0, 0.1) is 0 Å². The Hall–Kier alpha value is -1.10. The van der Waals surface area contributed by atoms with Crippen molar-refractivity contribution in [3.8, 4) is 0 Å². The molecule has 2 fully saturated rings. The summed E-state index contributed by atoms with van der Waals surface area (Å²) >= 11 is 0. The molecule has 0 radical (unpaired) electrons. The predicted octanol–water partition coefficient (Wildman–Crippen LogP) is 2.43. The standard InChI is InChI=1S/C17H26N2O2/c1-19(13-14-3-2-4-15(18)11-14)16-5-8-21-17(12-16)6-9-20-10-7-17/h2-4,11,16H,5-10,12-13,18H2,1H3. The summed E-state index contributed by atoms with van der Waals surface area (Å²) < 4.78 is 11.6. The van der Waals surface area contributed by atoms with Crippen LogP contribution in [0.15, 0.2) is 24.3 Å². The zero-order valence-electron chi connectivity index (χ0n) is 12.9. The molecule has 1 aromatic carbocycles. The lowest BCUT2D eigenvalue weighted by Crippen LogP contribution is -2.50. The number of benzene rings is 1. The van der Waals surface area contributed by atoms with E-state index in [-0.39, 0.29) is 5.60 Å². The molecule has 0 saturated carbocycles. The van der Waals surface area contributed by atoms with Crippen LogP contribution in [-0.2, 0) is 16.0 Å². The highest BCUT2D eigenvalue weighted by atomic mass is 16.5. The molecule has 2 aliphatic heterocycles. The van der Waals surface area contributed by atoms with Crippen LogP contribution in [0.2, 0.25) is 0 Å². The molecular formula is C17H26N2O2. The second-order valence-corrected chi connectivity index (χ2v) is 6.45. The number of nitrogen functional groups attached to an aromatic ring is 1. The van der Waals surface area contributed by atoms with Gasteiger partial charge in [0.05, 0.1) is 5.60 Å². The van der Waals surface area contributed by atoms with Gasteiger partial charge in [0.1, 0.15) is 0 Å². The van der Waals surface area contributed by atoms with Crippen LogP contribution in [-0.4, -0.2) is 43.4 Å². The molecule has 4 nitrogen and oxygen atoms in total. The minimum Gasteiger partial charge on any atom is -0.399 e. The van der Waals surface area contributed by atoms with Crippen LogP contribution in [0.25, 0.3) is 0 Å². The van der Waals surface area contributed by atoms with Crippen molar-refractivity contribution < 1.29 is 9.47 Å². The zero-order valence-corrected chi connectivity index (χ0v) is 12.9. The number of hydrogen-bond acceptors (Lipinski definition) is 4. The van der Waals surface area contributed by atoms with Crippen LogP contribution in [0.3, 0.4) is 0 Å². The molecule has 0 bridgehead atoms. The van der Waals surface area contributed by atoms with Crippen molar-refractivity contribution in [2.45, 2.75) is 43.9 Å². The Morgan fingerprint density at radius 1 is 1.29 bits per heavy atom. The van der Waals surface area contributed by atoms with Crippen molar-refractivity contribution in [2.24, 2.45) is 0 Å². The fourth-order valence-corrected chi connectivity index (χ4v) is 3.58. The van der Waals surface area contributed by atoms with E-state index in [0.717, 1.165) is 57.7 Å². The first-order valence-electron chi connectivity index (χ1n) is 7.93. The SMILES string of the molecule is CN(Cc1cccc(N)c1)C1CCOC2(CCOCC2)C1. The Balaban J connectivity index is 1.62. The van der Waals surface area contributed by atoms with Crippen LogP contribution in [0.4, 0.5) is 5.69 Å². The second-order valence-electron chi connectivity index (χ2n) is 6.45. The summed E-state index contributed by atoms with van der Waals surface area (Å²) in [6.07, 6.45) is 4.31. The van der Waals surface area contributed by atoms with Gasteiger partial charge in [-0.3, -0.25) is 4.90 Å². The van der Waals surface area contributed by atoms with Gasteiger partial charge in [-0.15, -0.1) is 0 Å². The maximum atomic E-state index is 6.13. The number of nitrogens with zero attached hydrogens (tertiary/aromatic N) is 1. The first kappa shape index (κ1) is 14.8. The summed E-state index contributed by atoms with van der Waals surface area (Å²) in [5, 5.41) is 0. The average Bonchev–Trinajstić information content (AvgIpc) is 2.48. The van der Waals surface area contributed by atoms with Crippen LogP contribution < -0.4 is 5.73 Å². The predicted molar refractivity (Wildman–Crippen MR) is 84.1 cm³/mol. The van der Waals surface area contributed by atoms with Crippen molar-refractivity contribution in [1.82, 2.24) is 4.90 Å². The topological polar surface area (TPSA) is 47.7 Å². The molecule has 0 amide bonds. The zero-order chi connectivity index (χ0) is 14.7. The van der Waals surface area contributed by atoms with Gasteiger partial charge >= 0.3 is 0 Å². The number of ether oxygens (including phenoxy) is 2. The Kier molecular flexibility index (Phi) is 4.48. The largest absolute Gasteiger partial charge is 0.399 e. The quantitative estimate of drug-likeness (QED) is 0.869. The molecule has 1 unspecified atom stereocenters. The number of nitrogens with two attached hydrogens (primary N) is 1. The van der Waals surface area contributed by atoms with E-state index < -0.39 is 0 Å². The highest BCUT2D eigenvalue weighted by Crippen LogP contribution is 2.36. The molecule has 1 atom stereocenters. The van der Waals surface area contributed by atoms with Crippen molar-refractivity contribution >= 4 is 5.69 Å². The highest BCUT2D eigenvalue weighted by molar-refractivity contribution is 5.40. The summed E-state index contributed by atoms with van der Waals surface area (Å²) in [4.78, 5) is 2.45. The van der Waals surface area contributed by atoms with E-state index in [0.29, 0.717) is 6.04 Å².